The third-order valence-corrected chi connectivity index (χ3v) is 5.31. The van der Waals surface area contributed by atoms with E-state index in [-0.39, 0.29) is 11.6 Å². The summed E-state index contributed by atoms with van der Waals surface area (Å²) in [5.74, 6) is -0.727. The average molecular weight is 446 g/mol. The number of hydrogen-bond acceptors (Lipinski definition) is 5. The molecule has 160 valence electrons. The molecule has 3 aromatic carbocycles. The molecule has 0 unspecified atom stereocenters. The molecule has 0 spiro atoms. The predicted molar refractivity (Wildman–Crippen MR) is 122 cm³/mol. The Bertz CT molecular complexity index is 1280. The number of nitrogens with zero attached hydrogens (tertiary/aromatic N) is 3. The third kappa shape index (κ3) is 4.60. The highest BCUT2D eigenvalue weighted by Gasteiger charge is 2.21. The van der Waals surface area contributed by atoms with E-state index in [2.05, 4.69) is 10.1 Å². The molecular weight excluding hydrogens is 426 g/mol. The van der Waals surface area contributed by atoms with Crippen molar-refractivity contribution in [3.05, 3.63) is 100 Å². The minimum Gasteiger partial charge on any atom is -0.451 e. The number of ether oxygens (including phenoxy) is 1. The molecule has 0 radical (unpaired) electrons. The van der Waals surface area contributed by atoms with Crippen molar-refractivity contribution < 1.29 is 14.3 Å². The Morgan fingerprint density at radius 3 is 2.34 bits per heavy atom. The van der Waals surface area contributed by atoms with Gasteiger partial charge in [0.1, 0.15) is 0 Å². The number of Topliss-reactive ketones (excluding diaryl/α,β-unsaturated/α-hetero) is 1. The van der Waals surface area contributed by atoms with Gasteiger partial charge in [0.25, 0.3) is 5.82 Å². The molecule has 32 heavy (non-hydrogen) atoms. The van der Waals surface area contributed by atoms with Gasteiger partial charge in [-0.25, -0.2) is 14.5 Å². The summed E-state index contributed by atoms with van der Waals surface area (Å²) < 4.78 is 6.81. The monoisotopic (exact) mass is 445 g/mol. The van der Waals surface area contributed by atoms with Crippen LogP contribution in [0.4, 0.5) is 0 Å². The largest absolute Gasteiger partial charge is 0.451 e. The van der Waals surface area contributed by atoms with Crippen LogP contribution in [-0.4, -0.2) is 33.1 Å². The van der Waals surface area contributed by atoms with Crippen LogP contribution in [0.5, 0.6) is 0 Å². The summed E-state index contributed by atoms with van der Waals surface area (Å²) in [6.45, 7) is 3.62. The van der Waals surface area contributed by atoms with Gasteiger partial charge in [0, 0.05) is 16.1 Å². The van der Waals surface area contributed by atoms with Crippen LogP contribution in [0.25, 0.3) is 17.1 Å². The summed E-state index contributed by atoms with van der Waals surface area (Å²) in [6, 6.07) is 21.7. The van der Waals surface area contributed by atoms with Crippen LogP contribution in [0.3, 0.4) is 0 Å². The number of benzene rings is 3. The molecule has 0 fully saturated rings. The molecule has 0 aliphatic heterocycles. The van der Waals surface area contributed by atoms with Crippen molar-refractivity contribution in [2.24, 2.45) is 0 Å². The van der Waals surface area contributed by atoms with Crippen LogP contribution in [0.15, 0.2) is 72.8 Å². The van der Waals surface area contributed by atoms with E-state index in [1.165, 1.54) is 0 Å². The van der Waals surface area contributed by atoms with Crippen LogP contribution >= 0.6 is 11.6 Å². The Balaban J connectivity index is 1.61. The normalized spacial score (nSPS) is 10.7. The van der Waals surface area contributed by atoms with Gasteiger partial charge in [-0.2, -0.15) is 0 Å². The quantitative estimate of drug-likeness (QED) is 0.299. The number of esters is 1. The van der Waals surface area contributed by atoms with E-state index >= 15 is 0 Å². The first kappa shape index (κ1) is 21.5. The lowest BCUT2D eigenvalue weighted by Crippen LogP contribution is -2.15. The molecule has 1 aromatic heterocycles. The Morgan fingerprint density at radius 2 is 1.66 bits per heavy atom. The van der Waals surface area contributed by atoms with Crippen molar-refractivity contribution in [2.45, 2.75) is 13.8 Å². The number of halogens is 1. The fraction of sp³-hybridized carbons (Fsp3) is 0.120. The van der Waals surface area contributed by atoms with Crippen molar-refractivity contribution in [1.29, 1.82) is 0 Å². The molecule has 0 aliphatic rings. The maximum Gasteiger partial charge on any atom is 0.378 e. The molecule has 0 aliphatic carbocycles. The number of aryl methyl sites for hydroxylation is 2. The molecule has 1 heterocycles. The SMILES string of the molecule is Cc1ccc(-n2nc(C(=O)OCC(=O)c3ccc(Cl)cc3)nc2-c2ccccc2)cc1C. The van der Waals surface area contributed by atoms with Gasteiger partial charge in [-0.05, 0) is 61.4 Å². The number of carbonyl (C=O) groups is 2. The van der Waals surface area contributed by atoms with E-state index in [9.17, 15) is 9.59 Å². The van der Waals surface area contributed by atoms with Crippen LogP contribution in [0.1, 0.15) is 32.1 Å². The first-order valence-corrected chi connectivity index (χ1v) is 10.4. The number of rotatable bonds is 6. The summed E-state index contributed by atoms with van der Waals surface area (Å²) in [5.41, 5.74) is 4.22. The lowest BCUT2D eigenvalue weighted by molar-refractivity contribution is 0.0462. The number of ketones is 1. The highest BCUT2D eigenvalue weighted by Crippen LogP contribution is 2.23. The summed E-state index contributed by atoms with van der Waals surface area (Å²) in [5, 5.41) is 4.91. The van der Waals surface area contributed by atoms with Crippen molar-refractivity contribution in [3.63, 3.8) is 0 Å². The smallest absolute Gasteiger partial charge is 0.378 e. The van der Waals surface area contributed by atoms with Crippen LogP contribution in [0.2, 0.25) is 5.02 Å². The maximum atomic E-state index is 12.6. The molecule has 6 nitrogen and oxygen atoms in total. The second kappa shape index (κ2) is 9.16. The van der Waals surface area contributed by atoms with Crippen molar-refractivity contribution in [1.82, 2.24) is 14.8 Å². The van der Waals surface area contributed by atoms with Crippen LogP contribution in [0, 0.1) is 13.8 Å². The van der Waals surface area contributed by atoms with Gasteiger partial charge in [-0.3, -0.25) is 4.79 Å². The van der Waals surface area contributed by atoms with Crippen LogP contribution < -0.4 is 0 Å². The van der Waals surface area contributed by atoms with E-state index in [1.807, 2.05) is 62.4 Å². The van der Waals surface area contributed by atoms with Crippen molar-refractivity contribution in [2.75, 3.05) is 6.61 Å². The number of hydrogen-bond donors (Lipinski definition) is 0. The van der Waals surface area contributed by atoms with Gasteiger partial charge in [0.2, 0.25) is 0 Å². The van der Waals surface area contributed by atoms with Gasteiger partial charge >= 0.3 is 5.97 Å². The lowest BCUT2D eigenvalue weighted by Gasteiger charge is -2.08. The van der Waals surface area contributed by atoms with Gasteiger partial charge in [0.15, 0.2) is 18.2 Å². The average Bonchev–Trinajstić information content (AvgIpc) is 3.26. The van der Waals surface area contributed by atoms with Crippen molar-refractivity contribution in [3.8, 4) is 17.1 Å². The van der Waals surface area contributed by atoms with Crippen LogP contribution in [-0.2, 0) is 4.74 Å². The predicted octanol–water partition coefficient (Wildman–Crippen LogP) is 5.24. The van der Waals surface area contributed by atoms with Gasteiger partial charge in [0.05, 0.1) is 5.69 Å². The Labute approximate surface area is 190 Å². The molecule has 0 amide bonds. The molecule has 7 heteroatoms. The number of carbonyl (C=O) groups excluding carboxylic acids is 2. The molecule has 4 rings (SSSR count). The molecular formula is C25H20ClN3O3. The third-order valence-electron chi connectivity index (χ3n) is 5.06. The first-order valence-electron chi connectivity index (χ1n) is 9.98. The highest BCUT2D eigenvalue weighted by molar-refractivity contribution is 6.30. The second-order valence-corrected chi connectivity index (χ2v) is 7.75. The van der Waals surface area contributed by atoms with E-state index in [0.29, 0.717) is 16.4 Å². The van der Waals surface area contributed by atoms with Gasteiger partial charge in [-0.1, -0.05) is 48.0 Å². The maximum absolute atomic E-state index is 12.6. The molecule has 4 aromatic rings. The second-order valence-electron chi connectivity index (χ2n) is 7.31. The summed E-state index contributed by atoms with van der Waals surface area (Å²) in [7, 11) is 0. The highest BCUT2D eigenvalue weighted by atomic mass is 35.5. The standard InChI is InChI=1S/C25H20ClN3O3/c1-16-8-13-21(14-17(16)2)29-24(19-6-4-3-5-7-19)27-23(28-29)25(31)32-15-22(30)18-9-11-20(26)12-10-18/h3-14H,15H2,1-2H3. The summed E-state index contributed by atoms with van der Waals surface area (Å²) in [4.78, 5) is 29.4. The Hall–Kier alpha value is -3.77. The Kier molecular flexibility index (Phi) is 6.14. The molecule has 0 atom stereocenters. The zero-order valence-electron chi connectivity index (χ0n) is 17.6. The zero-order valence-corrected chi connectivity index (χ0v) is 18.3. The molecule has 0 bridgehead atoms. The fourth-order valence-electron chi connectivity index (χ4n) is 3.12. The molecule has 0 saturated heterocycles. The van der Waals surface area contributed by atoms with E-state index in [0.717, 1.165) is 22.4 Å². The fourth-order valence-corrected chi connectivity index (χ4v) is 3.25. The van der Waals surface area contributed by atoms with E-state index in [1.54, 1.807) is 28.9 Å². The number of aromatic nitrogens is 3. The van der Waals surface area contributed by atoms with E-state index < -0.39 is 12.6 Å². The Morgan fingerprint density at radius 1 is 0.938 bits per heavy atom. The summed E-state index contributed by atoms with van der Waals surface area (Å²) in [6.07, 6.45) is 0. The molecule has 0 N–H and O–H groups in total. The summed E-state index contributed by atoms with van der Waals surface area (Å²) >= 11 is 5.84. The van der Waals surface area contributed by atoms with Gasteiger partial charge < -0.3 is 4.74 Å². The van der Waals surface area contributed by atoms with E-state index in [4.69, 9.17) is 16.3 Å². The molecule has 0 saturated carbocycles. The van der Waals surface area contributed by atoms with Crippen molar-refractivity contribution >= 4 is 23.4 Å². The minimum absolute atomic E-state index is 0.119. The zero-order chi connectivity index (χ0) is 22.7. The topological polar surface area (TPSA) is 74.1 Å². The first-order chi connectivity index (χ1) is 15.4. The lowest BCUT2D eigenvalue weighted by atomic mass is 10.1. The minimum atomic E-state index is -0.771. The van der Waals surface area contributed by atoms with Gasteiger partial charge in [-0.15, -0.1) is 5.10 Å².